The maximum Gasteiger partial charge on any atom is 0.187 e. The Morgan fingerprint density at radius 1 is 1.18 bits per heavy atom. The Balaban J connectivity index is 1.55. The van der Waals surface area contributed by atoms with Crippen molar-refractivity contribution in [3.8, 4) is 22.7 Å². The van der Waals surface area contributed by atoms with Gasteiger partial charge in [0.05, 0.1) is 30.5 Å². The Bertz CT molecular complexity index is 1240. The minimum absolute atomic E-state index is 0.612. The van der Waals surface area contributed by atoms with Gasteiger partial charge in [0.25, 0.3) is 0 Å². The maximum absolute atomic E-state index is 5.94. The van der Waals surface area contributed by atoms with Crippen LogP contribution in [0.4, 0.5) is 16.5 Å². The summed E-state index contributed by atoms with van der Waals surface area (Å²) in [6.45, 7) is 7.98. The Hall–Kier alpha value is -3.03. The molecule has 33 heavy (non-hydrogen) atoms. The first-order chi connectivity index (χ1) is 16.0. The van der Waals surface area contributed by atoms with Crippen LogP contribution in [0.15, 0.2) is 54.3 Å². The van der Waals surface area contributed by atoms with E-state index in [0.29, 0.717) is 5.88 Å². The van der Waals surface area contributed by atoms with E-state index in [1.807, 2.05) is 35.2 Å². The van der Waals surface area contributed by atoms with Crippen LogP contribution in [0.25, 0.3) is 16.9 Å². The highest BCUT2D eigenvalue weighted by Crippen LogP contribution is 2.35. The van der Waals surface area contributed by atoms with Crippen molar-refractivity contribution >= 4 is 39.4 Å². The lowest BCUT2D eigenvalue weighted by Crippen LogP contribution is -2.24. The first-order valence-corrected chi connectivity index (χ1v) is 12.3. The minimum Gasteiger partial charge on any atom is -0.496 e. The van der Waals surface area contributed by atoms with E-state index in [2.05, 4.69) is 53.3 Å². The fourth-order valence-corrected chi connectivity index (χ4v) is 4.67. The Kier molecular flexibility index (Phi) is 7.20. The van der Waals surface area contributed by atoms with Crippen molar-refractivity contribution in [3.63, 3.8) is 0 Å². The van der Waals surface area contributed by atoms with Crippen molar-refractivity contribution in [1.82, 2.24) is 14.5 Å². The molecule has 0 unspecified atom stereocenters. The summed E-state index contributed by atoms with van der Waals surface area (Å²) in [5.74, 6) is 1.39. The van der Waals surface area contributed by atoms with Crippen LogP contribution in [0.1, 0.15) is 18.2 Å². The maximum atomic E-state index is 5.94. The van der Waals surface area contributed by atoms with Crippen LogP contribution in [0, 0.1) is 13.8 Å². The monoisotopic (exact) mass is 481 g/mol. The molecule has 0 spiro atoms. The van der Waals surface area contributed by atoms with E-state index < -0.39 is 0 Å². The minimum atomic E-state index is 0.612. The summed E-state index contributed by atoms with van der Waals surface area (Å²) in [4.78, 5) is 11.4. The van der Waals surface area contributed by atoms with Gasteiger partial charge in [-0.25, -0.2) is 9.97 Å². The van der Waals surface area contributed by atoms with E-state index in [9.17, 15) is 0 Å². The van der Waals surface area contributed by atoms with E-state index >= 15 is 0 Å². The van der Waals surface area contributed by atoms with Crippen LogP contribution in [-0.4, -0.2) is 40.6 Å². The predicted molar refractivity (Wildman–Crippen MR) is 139 cm³/mol. The molecule has 0 aliphatic rings. The molecule has 0 amide bonds. The number of halogens is 1. The molecule has 0 radical (unpaired) electrons. The molecule has 2 aromatic heterocycles. The van der Waals surface area contributed by atoms with Gasteiger partial charge in [-0.05, 0) is 56.7 Å². The predicted octanol–water partition coefficient (Wildman–Crippen LogP) is 6.43. The molecule has 2 heterocycles. The van der Waals surface area contributed by atoms with Gasteiger partial charge in [0.15, 0.2) is 5.13 Å². The number of thiazole rings is 1. The molecule has 172 valence electrons. The molecule has 0 fully saturated rings. The highest BCUT2D eigenvalue weighted by atomic mass is 35.5. The highest BCUT2D eigenvalue weighted by molar-refractivity contribution is 7.14. The number of nitrogens with one attached hydrogen (secondary N) is 1. The number of ether oxygens (including phenoxy) is 1. The molecule has 4 rings (SSSR count). The van der Waals surface area contributed by atoms with Crippen molar-refractivity contribution in [3.05, 3.63) is 65.6 Å². The smallest absolute Gasteiger partial charge is 0.187 e. The van der Waals surface area contributed by atoms with E-state index in [4.69, 9.17) is 21.3 Å². The van der Waals surface area contributed by atoms with Gasteiger partial charge in [0.2, 0.25) is 0 Å². The van der Waals surface area contributed by atoms with E-state index in [0.717, 1.165) is 57.9 Å². The number of hydrogen-bond donors (Lipinski definition) is 1. The lowest BCUT2D eigenvalue weighted by molar-refractivity contribution is 0.416. The molecule has 8 heteroatoms. The summed E-state index contributed by atoms with van der Waals surface area (Å²) in [7, 11) is 1.68. The van der Waals surface area contributed by atoms with Crippen molar-refractivity contribution < 1.29 is 4.74 Å². The van der Waals surface area contributed by atoms with Crippen molar-refractivity contribution in [2.24, 2.45) is 0 Å². The summed E-state index contributed by atoms with van der Waals surface area (Å²) >= 11 is 7.52. The highest BCUT2D eigenvalue weighted by Gasteiger charge is 2.13. The van der Waals surface area contributed by atoms with Crippen LogP contribution in [0.5, 0.6) is 5.75 Å². The van der Waals surface area contributed by atoms with Crippen LogP contribution < -0.4 is 15.0 Å². The zero-order valence-corrected chi connectivity index (χ0v) is 20.9. The largest absolute Gasteiger partial charge is 0.496 e. The van der Waals surface area contributed by atoms with Gasteiger partial charge in [-0.3, -0.25) is 0 Å². The molecular weight excluding hydrogens is 454 g/mol. The van der Waals surface area contributed by atoms with E-state index in [1.54, 1.807) is 24.8 Å². The molecule has 0 atom stereocenters. The number of aromatic nitrogens is 3. The van der Waals surface area contributed by atoms with Crippen molar-refractivity contribution in [1.29, 1.82) is 0 Å². The molecule has 2 aromatic carbocycles. The van der Waals surface area contributed by atoms with Crippen molar-refractivity contribution in [2.45, 2.75) is 20.8 Å². The summed E-state index contributed by atoms with van der Waals surface area (Å²) in [5, 5.41) is 6.35. The summed E-state index contributed by atoms with van der Waals surface area (Å²) < 4.78 is 7.66. The van der Waals surface area contributed by atoms with Crippen LogP contribution >= 0.6 is 22.9 Å². The first-order valence-electron chi connectivity index (χ1n) is 10.9. The number of alkyl halides is 1. The standard InChI is InChI=1S/C25H28ClN5OS/c1-5-30(11-10-26)19-7-9-22(17(2)12-19)28-25-29-23(15-33-25)21-8-6-20(13-24(21)32-4)31-14-18(3)27-16-31/h6-9,12-16H,5,10-11H2,1-4H3,(H,28,29). The first kappa shape index (κ1) is 23.1. The second kappa shape index (κ2) is 10.3. The normalized spacial score (nSPS) is 10.9. The van der Waals surface area contributed by atoms with E-state index in [-0.39, 0.29) is 0 Å². The molecule has 0 aliphatic heterocycles. The fourth-order valence-electron chi connectivity index (χ4n) is 3.74. The number of nitrogens with zero attached hydrogens (tertiary/aromatic N) is 4. The van der Waals surface area contributed by atoms with Gasteiger partial charge < -0.3 is 19.5 Å². The second-order valence-corrected chi connectivity index (χ2v) is 8.97. The van der Waals surface area contributed by atoms with Crippen LogP contribution in [-0.2, 0) is 0 Å². The number of benzene rings is 2. The summed E-state index contributed by atoms with van der Waals surface area (Å²) in [6.07, 6.45) is 3.79. The van der Waals surface area contributed by atoms with Crippen LogP contribution in [0.2, 0.25) is 0 Å². The molecular formula is C25H28ClN5OS. The number of methoxy groups -OCH3 is 1. The topological polar surface area (TPSA) is 55.2 Å². The number of aryl methyl sites for hydroxylation is 2. The molecule has 0 aliphatic carbocycles. The molecule has 0 saturated heterocycles. The SMILES string of the molecule is CCN(CCCl)c1ccc(Nc2nc(-c3ccc(-n4cnc(C)c4)cc3OC)cs2)c(C)c1. The van der Waals surface area contributed by atoms with Gasteiger partial charge in [-0.1, -0.05) is 0 Å². The molecule has 0 bridgehead atoms. The second-order valence-electron chi connectivity index (χ2n) is 7.74. The Labute approximate surface area is 203 Å². The molecule has 4 aromatic rings. The average molecular weight is 482 g/mol. The lowest BCUT2D eigenvalue weighted by Gasteiger charge is -2.23. The van der Waals surface area contributed by atoms with Gasteiger partial charge in [-0.15, -0.1) is 22.9 Å². The summed E-state index contributed by atoms with van der Waals surface area (Å²) in [6, 6.07) is 12.5. The zero-order chi connectivity index (χ0) is 23.4. The number of imidazole rings is 1. The molecule has 6 nitrogen and oxygen atoms in total. The van der Waals surface area contributed by atoms with Gasteiger partial charge >= 0.3 is 0 Å². The van der Waals surface area contributed by atoms with Crippen LogP contribution in [0.3, 0.4) is 0 Å². The quantitative estimate of drug-likeness (QED) is 0.279. The average Bonchev–Trinajstić information content (AvgIpc) is 3.47. The number of rotatable bonds is 9. The van der Waals surface area contributed by atoms with Gasteiger partial charge in [0.1, 0.15) is 5.75 Å². The van der Waals surface area contributed by atoms with Crippen molar-refractivity contribution in [2.75, 3.05) is 36.3 Å². The van der Waals surface area contributed by atoms with Gasteiger partial charge in [-0.2, -0.15) is 0 Å². The van der Waals surface area contributed by atoms with Gasteiger partial charge in [0, 0.05) is 53.6 Å². The fraction of sp³-hybridized carbons (Fsp3) is 0.280. The number of hydrogen-bond acceptors (Lipinski definition) is 6. The third-order valence-corrected chi connectivity index (χ3v) is 6.45. The Morgan fingerprint density at radius 3 is 2.70 bits per heavy atom. The number of anilines is 3. The third kappa shape index (κ3) is 5.15. The summed E-state index contributed by atoms with van der Waals surface area (Å²) in [5.41, 5.74) is 7.18. The lowest BCUT2D eigenvalue weighted by atomic mass is 10.1. The Morgan fingerprint density at radius 2 is 2.03 bits per heavy atom. The van der Waals surface area contributed by atoms with E-state index in [1.165, 1.54) is 5.69 Å². The zero-order valence-electron chi connectivity index (χ0n) is 19.3. The molecule has 0 saturated carbocycles. The third-order valence-electron chi connectivity index (χ3n) is 5.53. The molecule has 1 N–H and O–H groups in total.